The molecule has 210 valence electrons. The van der Waals surface area contributed by atoms with Crippen LogP contribution in [0.15, 0.2) is 42.7 Å². The molecule has 1 unspecified atom stereocenters. The predicted molar refractivity (Wildman–Crippen MR) is 148 cm³/mol. The van der Waals surface area contributed by atoms with E-state index in [2.05, 4.69) is 15.7 Å². The predicted octanol–water partition coefficient (Wildman–Crippen LogP) is 4.48. The highest BCUT2D eigenvalue weighted by molar-refractivity contribution is 8.00. The summed E-state index contributed by atoms with van der Waals surface area (Å²) in [4.78, 5) is 15.0. The van der Waals surface area contributed by atoms with E-state index in [1.54, 1.807) is 45.2 Å². The number of nitrogens with zero attached hydrogens (tertiary/aromatic N) is 3. The quantitative estimate of drug-likeness (QED) is 0.448. The van der Waals surface area contributed by atoms with Crippen LogP contribution in [0.1, 0.15) is 62.0 Å². The molecule has 39 heavy (non-hydrogen) atoms. The fourth-order valence-corrected chi connectivity index (χ4v) is 5.62. The van der Waals surface area contributed by atoms with Gasteiger partial charge in [-0.1, -0.05) is 0 Å². The van der Waals surface area contributed by atoms with Crippen LogP contribution in [0.5, 0.6) is 5.75 Å². The number of fused-ring (bicyclic) bond motifs is 1. The summed E-state index contributed by atoms with van der Waals surface area (Å²) in [5.41, 5.74) is 1.91. The molecular weight excluding hydrogens is 526 g/mol. The minimum absolute atomic E-state index is 0.0559. The molecule has 3 aromatic rings. The molecule has 2 aliphatic heterocycles. The topological polar surface area (TPSA) is 85.2 Å². The maximum absolute atomic E-state index is 14.9. The molecule has 2 saturated heterocycles. The van der Waals surface area contributed by atoms with Crippen molar-refractivity contribution < 1.29 is 27.3 Å². The van der Waals surface area contributed by atoms with Crippen LogP contribution in [0.4, 0.5) is 14.5 Å². The van der Waals surface area contributed by atoms with E-state index < -0.39 is 38.4 Å². The van der Waals surface area contributed by atoms with Crippen LogP contribution in [0.3, 0.4) is 0 Å². The highest BCUT2D eigenvalue weighted by Crippen LogP contribution is 2.42. The van der Waals surface area contributed by atoms with E-state index in [1.165, 1.54) is 22.8 Å². The Hall–Kier alpha value is -3.18. The van der Waals surface area contributed by atoms with Crippen molar-refractivity contribution in [3.63, 3.8) is 0 Å². The number of nitrogens with one attached hydrogen (secondary N) is 1. The second kappa shape index (κ2) is 10.4. The monoisotopic (exact) mass is 560 g/mol. The second-order valence-electron chi connectivity index (χ2n) is 11.1. The van der Waals surface area contributed by atoms with E-state index in [9.17, 15) is 17.8 Å². The van der Waals surface area contributed by atoms with E-state index in [4.69, 9.17) is 9.47 Å². The van der Waals surface area contributed by atoms with E-state index >= 15 is 0 Å². The van der Waals surface area contributed by atoms with Gasteiger partial charge in [0.15, 0.2) is 0 Å². The number of pyridine rings is 1. The molecule has 0 bridgehead atoms. The van der Waals surface area contributed by atoms with Crippen molar-refractivity contribution in [3.8, 4) is 5.75 Å². The first kappa shape index (κ1) is 27.4. The molecule has 2 aliphatic rings. The second-order valence-corrected chi connectivity index (χ2v) is 13.9. The van der Waals surface area contributed by atoms with Crippen LogP contribution < -0.4 is 14.4 Å². The first-order valence-electron chi connectivity index (χ1n) is 13.0. The highest BCUT2D eigenvalue weighted by atomic mass is 32.2. The van der Waals surface area contributed by atoms with Gasteiger partial charge in [-0.3, -0.25) is 9.52 Å². The first-order valence-corrected chi connectivity index (χ1v) is 14.8. The van der Waals surface area contributed by atoms with Crippen molar-refractivity contribution in [3.05, 3.63) is 59.7 Å². The van der Waals surface area contributed by atoms with Gasteiger partial charge in [0, 0.05) is 48.0 Å². The average molecular weight is 561 g/mol. The van der Waals surface area contributed by atoms with Crippen LogP contribution in [0, 0.1) is 5.82 Å². The maximum Gasteiger partial charge on any atom is 0.266 e. The summed E-state index contributed by atoms with van der Waals surface area (Å²) in [6.45, 7) is 6.52. The molecule has 2 aromatic heterocycles. The van der Waals surface area contributed by atoms with Crippen molar-refractivity contribution in [2.75, 3.05) is 24.7 Å². The zero-order chi connectivity index (χ0) is 27.9. The van der Waals surface area contributed by atoms with Crippen LogP contribution in [-0.4, -0.2) is 62.4 Å². The first-order chi connectivity index (χ1) is 18.4. The molecule has 3 atom stereocenters. The number of rotatable bonds is 6. The van der Waals surface area contributed by atoms with Crippen molar-refractivity contribution in [1.82, 2.24) is 14.3 Å². The molecule has 11 heteroatoms. The van der Waals surface area contributed by atoms with Crippen molar-refractivity contribution >= 4 is 32.7 Å². The number of carbonyl (C=O) groups excluding carboxylic acids is 1. The molecule has 5 rings (SSSR count). The average Bonchev–Trinajstić information content (AvgIpc) is 3.48. The Bertz CT molecular complexity index is 1480. The maximum atomic E-state index is 14.9. The van der Waals surface area contributed by atoms with Crippen LogP contribution in [-0.2, 0) is 14.4 Å². The summed E-state index contributed by atoms with van der Waals surface area (Å²) in [6.07, 6.45) is 3.52. The number of aromatic nitrogens is 2. The van der Waals surface area contributed by atoms with Gasteiger partial charge in [-0.2, -0.15) is 5.10 Å². The number of halogens is 2. The van der Waals surface area contributed by atoms with Crippen LogP contribution in [0.25, 0.3) is 5.52 Å². The molecule has 2 fully saturated rings. The molecular formula is C28H34F2N4O4S. The number of anilines is 1. The van der Waals surface area contributed by atoms with Crippen molar-refractivity contribution in [2.45, 2.75) is 63.1 Å². The van der Waals surface area contributed by atoms with E-state index in [-0.39, 0.29) is 24.6 Å². The van der Waals surface area contributed by atoms with Gasteiger partial charge in [0.1, 0.15) is 23.8 Å². The Kier molecular flexibility index (Phi) is 7.32. The zero-order valence-corrected chi connectivity index (χ0v) is 23.2. The zero-order valence-electron chi connectivity index (χ0n) is 22.4. The summed E-state index contributed by atoms with van der Waals surface area (Å²) in [7, 11) is -2.94. The molecule has 0 aliphatic carbocycles. The number of hydrogen-bond acceptors (Lipinski definition) is 6. The fraction of sp³-hybridized carbons (Fsp3) is 0.464. The lowest BCUT2D eigenvalue weighted by atomic mass is 10.0. The molecule has 0 saturated carbocycles. The van der Waals surface area contributed by atoms with Gasteiger partial charge in [0.2, 0.25) is 0 Å². The van der Waals surface area contributed by atoms with Crippen LogP contribution in [0.2, 0.25) is 0 Å². The van der Waals surface area contributed by atoms with Gasteiger partial charge < -0.3 is 14.4 Å². The SMILES string of the molecule is C=S(=O)(NC(=O)c1cnn2ccc(N3C[C@@H](F)C[C@@H]3c3cc(F)ccc3OC3CCOCC3)cc12)C(C)(C)C. The Balaban J connectivity index is 1.48. The minimum atomic E-state index is -2.94. The molecule has 1 amide bonds. The number of hydrogen-bond donors (Lipinski definition) is 1. The Morgan fingerprint density at radius 2 is 1.97 bits per heavy atom. The molecule has 1 N–H and O–H groups in total. The van der Waals surface area contributed by atoms with Gasteiger partial charge >= 0.3 is 0 Å². The fourth-order valence-electron chi connectivity index (χ4n) is 4.91. The lowest BCUT2D eigenvalue weighted by Crippen LogP contribution is -2.42. The number of carbonyl (C=O) groups is 1. The van der Waals surface area contributed by atoms with Crippen LogP contribution >= 0.6 is 0 Å². The summed E-state index contributed by atoms with van der Waals surface area (Å²) in [5.74, 6) is 3.28. The summed E-state index contributed by atoms with van der Waals surface area (Å²) < 4.78 is 57.4. The molecule has 4 heterocycles. The lowest BCUT2D eigenvalue weighted by molar-refractivity contribution is 0.0250. The molecule has 8 nitrogen and oxygen atoms in total. The summed E-state index contributed by atoms with van der Waals surface area (Å²) in [6, 6.07) is 7.42. The van der Waals surface area contributed by atoms with E-state index in [0.29, 0.717) is 35.7 Å². The standard InChI is InChI=1S/C28H34F2N4O4S/c1-28(2,3)39(4,36)32-27(35)23-16-31-34-10-7-20(15-25(23)34)33-17-19(30)14-24(33)22-13-18(29)5-6-26(22)38-21-8-11-37-12-9-21/h5-7,10,13,15-16,19,21,24H,4,8-9,11-12,14,17H2,1-3H3,(H,32,35,36)/t19-,24+,39?/m0/s1. The van der Waals surface area contributed by atoms with Gasteiger partial charge in [-0.25, -0.2) is 17.5 Å². The van der Waals surface area contributed by atoms with Gasteiger partial charge in [-0.05, 0) is 57.0 Å². The van der Waals surface area contributed by atoms with Gasteiger partial charge in [-0.15, -0.1) is 0 Å². The van der Waals surface area contributed by atoms with E-state index in [1.807, 2.05) is 4.90 Å². The Labute approximate surface area is 227 Å². The normalized spacial score (nSPS) is 22.1. The lowest BCUT2D eigenvalue weighted by Gasteiger charge is -2.30. The number of alkyl halides is 1. The largest absolute Gasteiger partial charge is 0.490 e. The number of benzene rings is 1. The Morgan fingerprint density at radius 1 is 1.23 bits per heavy atom. The van der Waals surface area contributed by atoms with E-state index in [0.717, 1.165) is 12.8 Å². The third kappa shape index (κ3) is 5.60. The summed E-state index contributed by atoms with van der Waals surface area (Å²) >= 11 is 0. The minimum Gasteiger partial charge on any atom is -0.490 e. The third-order valence-corrected chi connectivity index (χ3v) is 9.86. The van der Waals surface area contributed by atoms with Gasteiger partial charge in [0.25, 0.3) is 5.91 Å². The number of ether oxygens (including phenoxy) is 2. The summed E-state index contributed by atoms with van der Waals surface area (Å²) in [5, 5.41) is 4.25. The molecule has 1 aromatic carbocycles. The highest BCUT2D eigenvalue weighted by Gasteiger charge is 2.36. The smallest absolute Gasteiger partial charge is 0.266 e. The number of amides is 1. The Morgan fingerprint density at radius 3 is 2.69 bits per heavy atom. The van der Waals surface area contributed by atoms with Gasteiger partial charge in [0.05, 0.1) is 46.2 Å². The van der Waals surface area contributed by atoms with Crippen molar-refractivity contribution in [2.24, 2.45) is 0 Å². The third-order valence-electron chi connectivity index (χ3n) is 7.37. The van der Waals surface area contributed by atoms with Crippen molar-refractivity contribution in [1.29, 1.82) is 0 Å². The molecule has 0 radical (unpaired) electrons. The molecule has 0 spiro atoms.